The van der Waals surface area contributed by atoms with E-state index in [9.17, 15) is 4.79 Å². The lowest BCUT2D eigenvalue weighted by atomic mass is 10.2. The molecule has 1 N–H and O–H groups in total. The molecule has 1 aliphatic rings. The van der Waals surface area contributed by atoms with Gasteiger partial charge in [-0.25, -0.2) is 4.85 Å². The van der Waals surface area contributed by atoms with Gasteiger partial charge in [-0.05, 0) is 17.5 Å². The number of anilines is 1. The molecule has 0 atom stereocenters. The van der Waals surface area contributed by atoms with Gasteiger partial charge in [0.1, 0.15) is 0 Å². The Balaban J connectivity index is 2.02. The van der Waals surface area contributed by atoms with Crippen molar-refractivity contribution < 1.29 is 4.79 Å². The van der Waals surface area contributed by atoms with E-state index in [1.54, 1.807) is 23.2 Å². The molecule has 1 aromatic carbocycles. The Bertz CT molecular complexity index is 689. The number of pyridine rings is 1. The summed E-state index contributed by atoms with van der Waals surface area (Å²) in [5.41, 5.74) is 2.17. The van der Waals surface area contributed by atoms with Crippen LogP contribution >= 0.6 is 0 Å². The van der Waals surface area contributed by atoms with Gasteiger partial charge in [0.25, 0.3) is 0 Å². The lowest BCUT2D eigenvalue weighted by Gasteiger charge is -2.27. The zero-order valence-corrected chi connectivity index (χ0v) is 10.3. The van der Waals surface area contributed by atoms with Gasteiger partial charge in [0, 0.05) is 13.1 Å². The van der Waals surface area contributed by atoms with E-state index < -0.39 is 0 Å². The summed E-state index contributed by atoms with van der Waals surface area (Å²) < 4.78 is 0. The fourth-order valence-electron chi connectivity index (χ4n) is 2.19. The second kappa shape index (κ2) is 4.67. The number of nitrogens with zero attached hydrogens (tertiary/aromatic N) is 3. The van der Waals surface area contributed by atoms with E-state index in [2.05, 4.69) is 15.1 Å². The summed E-state index contributed by atoms with van der Waals surface area (Å²) in [5.74, 6) is 0.0604. The minimum Gasteiger partial charge on any atom is -0.308 e. The Morgan fingerprint density at radius 2 is 2.26 bits per heavy atom. The number of hydrogen-bond acceptors (Lipinski definition) is 3. The third kappa shape index (κ3) is 2.14. The molecular formula is C14H12N4O. The monoisotopic (exact) mass is 252 g/mol. The van der Waals surface area contributed by atoms with Crippen LogP contribution in [0.25, 0.3) is 15.7 Å². The van der Waals surface area contributed by atoms with Crippen LogP contribution in [0.15, 0.2) is 30.5 Å². The first-order valence-electron chi connectivity index (χ1n) is 6.06. The van der Waals surface area contributed by atoms with Gasteiger partial charge in [-0.3, -0.25) is 9.78 Å². The van der Waals surface area contributed by atoms with Crippen LogP contribution in [-0.2, 0) is 4.79 Å². The van der Waals surface area contributed by atoms with E-state index >= 15 is 0 Å². The molecule has 1 fully saturated rings. The summed E-state index contributed by atoms with van der Waals surface area (Å²) >= 11 is 0. The van der Waals surface area contributed by atoms with Gasteiger partial charge >= 0.3 is 0 Å². The molecule has 3 rings (SSSR count). The Hall–Kier alpha value is -2.45. The van der Waals surface area contributed by atoms with E-state index in [0.29, 0.717) is 18.8 Å². The topological polar surface area (TPSA) is 49.6 Å². The highest BCUT2D eigenvalue weighted by Crippen LogP contribution is 2.24. The molecule has 2 heterocycles. The van der Waals surface area contributed by atoms with E-state index in [1.165, 1.54) is 0 Å². The van der Waals surface area contributed by atoms with E-state index in [0.717, 1.165) is 23.1 Å². The summed E-state index contributed by atoms with van der Waals surface area (Å²) in [4.78, 5) is 21.3. The Labute approximate surface area is 110 Å². The van der Waals surface area contributed by atoms with Crippen LogP contribution in [0.2, 0.25) is 0 Å². The Morgan fingerprint density at radius 1 is 1.37 bits per heavy atom. The molecule has 0 spiro atoms. The molecule has 19 heavy (non-hydrogen) atoms. The van der Waals surface area contributed by atoms with Gasteiger partial charge in [0.05, 0.1) is 30.5 Å². The molecule has 0 aliphatic carbocycles. The van der Waals surface area contributed by atoms with E-state index in [4.69, 9.17) is 6.57 Å². The molecule has 1 saturated heterocycles. The Morgan fingerprint density at radius 3 is 3.05 bits per heavy atom. The molecule has 0 radical (unpaired) electrons. The number of benzene rings is 1. The van der Waals surface area contributed by atoms with Crippen molar-refractivity contribution in [3.05, 3.63) is 41.9 Å². The quantitative estimate of drug-likeness (QED) is 0.786. The molecule has 0 saturated carbocycles. The first kappa shape index (κ1) is 11.6. The molecule has 1 amide bonds. The highest BCUT2D eigenvalue weighted by atomic mass is 16.2. The van der Waals surface area contributed by atoms with Crippen molar-refractivity contribution in [1.82, 2.24) is 10.3 Å². The fraction of sp³-hybridized carbons (Fsp3) is 0.214. The molecule has 2 aromatic rings. The van der Waals surface area contributed by atoms with E-state index in [1.807, 2.05) is 12.1 Å². The number of aromatic nitrogens is 1. The van der Waals surface area contributed by atoms with Crippen molar-refractivity contribution in [2.24, 2.45) is 0 Å². The predicted octanol–water partition coefficient (Wildman–Crippen LogP) is 1.72. The number of nitrogens with one attached hydrogen (secondary N) is 1. The van der Waals surface area contributed by atoms with Crippen LogP contribution in [-0.4, -0.2) is 30.5 Å². The average molecular weight is 252 g/mol. The Kier molecular flexibility index (Phi) is 2.86. The summed E-state index contributed by atoms with van der Waals surface area (Å²) in [5, 5.41) is 3.98. The van der Waals surface area contributed by atoms with Gasteiger partial charge in [-0.15, -0.1) is 0 Å². The summed E-state index contributed by atoms with van der Waals surface area (Å²) in [6.45, 7) is 8.81. The zero-order chi connectivity index (χ0) is 13.2. The van der Waals surface area contributed by atoms with Crippen molar-refractivity contribution in [2.45, 2.75) is 0 Å². The number of fused-ring (bicyclic) bond motifs is 1. The zero-order valence-electron chi connectivity index (χ0n) is 10.3. The van der Waals surface area contributed by atoms with E-state index in [-0.39, 0.29) is 5.91 Å². The van der Waals surface area contributed by atoms with Crippen molar-refractivity contribution in [1.29, 1.82) is 0 Å². The number of carbonyl (C=O) groups excluding carboxylic acids is 1. The maximum absolute atomic E-state index is 11.8. The largest absolute Gasteiger partial charge is 0.308 e. The number of hydrogen-bond donors (Lipinski definition) is 1. The van der Waals surface area contributed by atoms with Crippen LogP contribution in [0, 0.1) is 6.57 Å². The summed E-state index contributed by atoms with van der Waals surface area (Å²) in [7, 11) is 0. The van der Waals surface area contributed by atoms with Crippen LogP contribution < -0.4 is 10.2 Å². The van der Waals surface area contributed by atoms with Crippen LogP contribution in [0.5, 0.6) is 0 Å². The number of piperazine rings is 1. The molecule has 5 nitrogen and oxygen atoms in total. The highest BCUT2D eigenvalue weighted by Gasteiger charge is 2.19. The molecule has 0 unspecified atom stereocenters. The molecule has 0 bridgehead atoms. The molecular weight excluding hydrogens is 240 g/mol. The first-order chi connectivity index (χ1) is 9.28. The molecule has 94 valence electrons. The number of carbonyl (C=O) groups is 1. The van der Waals surface area contributed by atoms with Gasteiger partial charge in [-0.1, -0.05) is 12.1 Å². The van der Waals surface area contributed by atoms with Crippen LogP contribution in [0.4, 0.5) is 11.4 Å². The average Bonchev–Trinajstić information content (AvgIpc) is 2.46. The molecule has 1 aliphatic heterocycles. The SMILES string of the molecule is [C-]#[N+]c1ccc2cc(N3CCNCC3=O)cnc2c1. The van der Waals surface area contributed by atoms with Crippen molar-refractivity contribution in [2.75, 3.05) is 24.5 Å². The van der Waals surface area contributed by atoms with Gasteiger partial charge in [-0.2, -0.15) is 0 Å². The lowest BCUT2D eigenvalue weighted by Crippen LogP contribution is -2.48. The summed E-state index contributed by atoms with van der Waals surface area (Å²) in [6, 6.07) is 7.33. The number of rotatable bonds is 1. The van der Waals surface area contributed by atoms with Crippen molar-refractivity contribution in [3.63, 3.8) is 0 Å². The lowest BCUT2D eigenvalue weighted by molar-refractivity contribution is -0.118. The molecule has 1 aromatic heterocycles. The maximum atomic E-state index is 11.8. The van der Waals surface area contributed by atoms with Crippen LogP contribution in [0.1, 0.15) is 0 Å². The third-order valence-electron chi connectivity index (χ3n) is 3.18. The fourth-order valence-corrected chi connectivity index (χ4v) is 2.19. The number of amides is 1. The predicted molar refractivity (Wildman–Crippen MR) is 73.2 cm³/mol. The van der Waals surface area contributed by atoms with Crippen molar-refractivity contribution >= 4 is 28.2 Å². The second-order valence-electron chi connectivity index (χ2n) is 4.40. The van der Waals surface area contributed by atoms with Crippen LogP contribution in [0.3, 0.4) is 0 Å². The third-order valence-corrected chi connectivity index (χ3v) is 3.18. The minimum absolute atomic E-state index is 0.0604. The highest BCUT2D eigenvalue weighted by molar-refractivity contribution is 5.97. The standard InChI is InChI=1S/C14H12N4O/c1-15-11-3-2-10-6-12(8-17-13(10)7-11)18-5-4-16-9-14(18)19/h2-3,6-8,16H,4-5,9H2. The van der Waals surface area contributed by atoms with Gasteiger partial charge in [0.2, 0.25) is 5.91 Å². The van der Waals surface area contributed by atoms with Crippen molar-refractivity contribution in [3.8, 4) is 0 Å². The van der Waals surface area contributed by atoms with Gasteiger partial charge < -0.3 is 10.2 Å². The molecule has 5 heteroatoms. The second-order valence-corrected chi connectivity index (χ2v) is 4.40. The van der Waals surface area contributed by atoms with Gasteiger partial charge in [0.15, 0.2) is 5.69 Å². The first-order valence-corrected chi connectivity index (χ1v) is 6.06. The smallest absolute Gasteiger partial charge is 0.241 e. The minimum atomic E-state index is 0.0604. The summed E-state index contributed by atoms with van der Waals surface area (Å²) in [6.07, 6.45) is 1.69. The maximum Gasteiger partial charge on any atom is 0.241 e. The normalized spacial score (nSPS) is 15.5.